The van der Waals surface area contributed by atoms with Gasteiger partial charge >= 0.3 is 0 Å². The number of methoxy groups -OCH3 is 1. The molecule has 0 saturated carbocycles. The van der Waals surface area contributed by atoms with Crippen molar-refractivity contribution >= 4 is 27.3 Å². The molecule has 1 aromatic heterocycles. The van der Waals surface area contributed by atoms with Gasteiger partial charge in [0.2, 0.25) is 0 Å². The number of aromatic nitrogens is 1. The van der Waals surface area contributed by atoms with Gasteiger partial charge in [-0.1, -0.05) is 0 Å². The Morgan fingerprint density at radius 2 is 2.06 bits per heavy atom. The summed E-state index contributed by atoms with van der Waals surface area (Å²) < 4.78 is 6.17. The molecule has 0 bridgehead atoms. The molecule has 0 aliphatic carbocycles. The second-order valence-electron chi connectivity index (χ2n) is 3.56. The maximum Gasteiger partial charge on any atom is 0.160 e. The summed E-state index contributed by atoms with van der Waals surface area (Å²) in [7, 11) is 1.69. The molecule has 0 fully saturated rings. The molecule has 0 saturated heterocycles. The molecule has 0 N–H and O–H groups in total. The monoisotopic (exact) mass is 297 g/mol. The molecular weight excluding hydrogens is 286 g/mol. The van der Waals surface area contributed by atoms with Crippen molar-refractivity contribution < 1.29 is 4.74 Å². The van der Waals surface area contributed by atoms with E-state index in [0.29, 0.717) is 0 Å². The smallest absolute Gasteiger partial charge is 0.160 e. The third-order valence-corrected chi connectivity index (χ3v) is 3.86. The van der Waals surface area contributed by atoms with Gasteiger partial charge in [-0.25, -0.2) is 4.98 Å². The number of hydrogen-bond donors (Lipinski definition) is 0. The van der Waals surface area contributed by atoms with Crippen molar-refractivity contribution in [3.8, 4) is 17.0 Å². The van der Waals surface area contributed by atoms with E-state index in [2.05, 4.69) is 33.9 Å². The summed E-state index contributed by atoms with van der Waals surface area (Å²) in [5, 5.41) is 0. The minimum Gasteiger partial charge on any atom is -0.496 e. The van der Waals surface area contributed by atoms with E-state index in [0.717, 1.165) is 26.5 Å². The standard InChI is InChI=1S/C12H12BrNOS/c1-7-6-9(4-5-10(7)15-3)11-8(2)16-12(13)14-11/h4-6H,1-3H3. The second-order valence-corrected chi connectivity index (χ2v) is 6.04. The van der Waals surface area contributed by atoms with Crippen LogP contribution < -0.4 is 4.74 Å². The molecule has 0 spiro atoms. The number of halogens is 1. The van der Waals surface area contributed by atoms with Crippen LogP contribution in [0.15, 0.2) is 22.1 Å². The fourth-order valence-corrected chi connectivity index (χ4v) is 3.21. The number of thiazole rings is 1. The summed E-state index contributed by atoms with van der Waals surface area (Å²) in [6, 6.07) is 6.13. The Morgan fingerprint density at radius 1 is 1.31 bits per heavy atom. The van der Waals surface area contributed by atoms with E-state index < -0.39 is 0 Å². The van der Waals surface area contributed by atoms with Crippen LogP contribution in [0.4, 0.5) is 0 Å². The van der Waals surface area contributed by atoms with Gasteiger partial charge in [0.05, 0.1) is 12.8 Å². The first kappa shape index (κ1) is 11.6. The summed E-state index contributed by atoms with van der Waals surface area (Å²) in [6.07, 6.45) is 0. The van der Waals surface area contributed by atoms with Crippen molar-refractivity contribution in [3.63, 3.8) is 0 Å². The lowest BCUT2D eigenvalue weighted by atomic mass is 10.1. The SMILES string of the molecule is COc1ccc(-c2nc(Br)sc2C)cc1C. The third-order valence-electron chi connectivity index (χ3n) is 2.44. The van der Waals surface area contributed by atoms with Gasteiger partial charge in [0.15, 0.2) is 3.92 Å². The highest BCUT2D eigenvalue weighted by atomic mass is 79.9. The average molecular weight is 298 g/mol. The lowest BCUT2D eigenvalue weighted by Gasteiger charge is -2.06. The number of hydrogen-bond acceptors (Lipinski definition) is 3. The number of aryl methyl sites for hydroxylation is 2. The van der Waals surface area contributed by atoms with E-state index in [1.165, 1.54) is 4.88 Å². The van der Waals surface area contributed by atoms with Crippen LogP contribution in [0.2, 0.25) is 0 Å². The van der Waals surface area contributed by atoms with Gasteiger partial charge in [0, 0.05) is 10.4 Å². The van der Waals surface area contributed by atoms with E-state index in [4.69, 9.17) is 4.74 Å². The van der Waals surface area contributed by atoms with Gasteiger partial charge in [0.1, 0.15) is 5.75 Å². The van der Waals surface area contributed by atoms with Crippen LogP contribution in [-0.2, 0) is 0 Å². The number of nitrogens with zero attached hydrogens (tertiary/aromatic N) is 1. The minimum atomic E-state index is 0.913. The van der Waals surface area contributed by atoms with Crippen LogP contribution >= 0.6 is 27.3 Å². The highest BCUT2D eigenvalue weighted by Crippen LogP contribution is 2.32. The summed E-state index contributed by atoms with van der Waals surface area (Å²) in [5.41, 5.74) is 3.31. The molecule has 1 heterocycles. The van der Waals surface area contributed by atoms with E-state index >= 15 is 0 Å². The molecule has 0 atom stereocenters. The fraction of sp³-hybridized carbons (Fsp3) is 0.250. The van der Waals surface area contributed by atoms with E-state index in [9.17, 15) is 0 Å². The Labute approximate surface area is 107 Å². The van der Waals surface area contributed by atoms with E-state index in [-0.39, 0.29) is 0 Å². The maximum absolute atomic E-state index is 5.24. The van der Waals surface area contributed by atoms with Gasteiger partial charge in [-0.15, -0.1) is 11.3 Å². The molecule has 4 heteroatoms. The number of ether oxygens (including phenoxy) is 1. The molecule has 1 aromatic carbocycles. The fourth-order valence-electron chi connectivity index (χ4n) is 1.66. The molecule has 0 aliphatic rings. The average Bonchev–Trinajstić information content (AvgIpc) is 2.58. The van der Waals surface area contributed by atoms with Crippen LogP contribution in [0.1, 0.15) is 10.4 Å². The molecule has 0 unspecified atom stereocenters. The minimum absolute atomic E-state index is 0.913. The number of benzene rings is 1. The first-order chi connectivity index (χ1) is 7.61. The molecule has 0 aliphatic heterocycles. The van der Waals surface area contributed by atoms with Crippen molar-refractivity contribution in [2.24, 2.45) is 0 Å². The maximum atomic E-state index is 5.24. The molecular formula is C12H12BrNOS. The summed E-state index contributed by atoms with van der Waals surface area (Å²) in [6.45, 7) is 4.12. The van der Waals surface area contributed by atoms with Gasteiger partial charge in [-0.05, 0) is 53.5 Å². The molecule has 2 rings (SSSR count). The zero-order valence-corrected chi connectivity index (χ0v) is 11.8. The Bertz CT molecular complexity index is 522. The zero-order chi connectivity index (χ0) is 11.7. The predicted octanol–water partition coefficient (Wildman–Crippen LogP) is 4.20. The number of rotatable bonds is 2. The molecule has 2 aromatic rings. The molecule has 16 heavy (non-hydrogen) atoms. The van der Waals surface area contributed by atoms with Crippen LogP contribution in [0, 0.1) is 13.8 Å². The summed E-state index contributed by atoms with van der Waals surface area (Å²) >= 11 is 5.06. The lowest BCUT2D eigenvalue weighted by molar-refractivity contribution is 0.412. The normalized spacial score (nSPS) is 10.5. The van der Waals surface area contributed by atoms with E-state index in [1.807, 2.05) is 19.1 Å². The lowest BCUT2D eigenvalue weighted by Crippen LogP contribution is -1.88. The van der Waals surface area contributed by atoms with Crippen LogP contribution in [-0.4, -0.2) is 12.1 Å². The highest BCUT2D eigenvalue weighted by Gasteiger charge is 2.09. The topological polar surface area (TPSA) is 22.1 Å². The molecule has 84 valence electrons. The van der Waals surface area contributed by atoms with Crippen molar-refractivity contribution in [1.82, 2.24) is 4.98 Å². The largest absolute Gasteiger partial charge is 0.496 e. The van der Waals surface area contributed by atoms with Crippen molar-refractivity contribution in [1.29, 1.82) is 0 Å². The summed E-state index contributed by atoms with van der Waals surface area (Å²) in [4.78, 5) is 5.69. The first-order valence-corrected chi connectivity index (χ1v) is 6.50. The Balaban J connectivity index is 2.49. The van der Waals surface area contributed by atoms with Crippen molar-refractivity contribution in [2.75, 3.05) is 7.11 Å². The predicted molar refractivity (Wildman–Crippen MR) is 71.3 cm³/mol. The quantitative estimate of drug-likeness (QED) is 0.829. The van der Waals surface area contributed by atoms with Crippen molar-refractivity contribution in [3.05, 3.63) is 32.6 Å². The summed E-state index contributed by atoms with van der Waals surface area (Å²) in [5.74, 6) is 0.913. The first-order valence-electron chi connectivity index (χ1n) is 4.89. The second kappa shape index (κ2) is 4.55. The Hall–Kier alpha value is -0.870. The van der Waals surface area contributed by atoms with Gasteiger partial charge < -0.3 is 4.74 Å². The van der Waals surface area contributed by atoms with Gasteiger partial charge in [-0.2, -0.15) is 0 Å². The highest BCUT2D eigenvalue weighted by molar-refractivity contribution is 9.11. The third kappa shape index (κ3) is 2.13. The van der Waals surface area contributed by atoms with Crippen LogP contribution in [0.3, 0.4) is 0 Å². The van der Waals surface area contributed by atoms with Gasteiger partial charge in [-0.3, -0.25) is 0 Å². The molecule has 2 nitrogen and oxygen atoms in total. The van der Waals surface area contributed by atoms with Gasteiger partial charge in [0.25, 0.3) is 0 Å². The van der Waals surface area contributed by atoms with E-state index in [1.54, 1.807) is 18.4 Å². The van der Waals surface area contributed by atoms with Crippen LogP contribution in [0.25, 0.3) is 11.3 Å². The molecule has 0 radical (unpaired) electrons. The zero-order valence-electron chi connectivity index (χ0n) is 9.37. The van der Waals surface area contributed by atoms with Crippen LogP contribution in [0.5, 0.6) is 5.75 Å². The molecule has 0 amide bonds. The Kier molecular flexibility index (Phi) is 3.30. The Morgan fingerprint density at radius 3 is 2.56 bits per heavy atom. The van der Waals surface area contributed by atoms with Crippen molar-refractivity contribution in [2.45, 2.75) is 13.8 Å².